The fraction of sp³-hybridized carbons (Fsp3) is 0.471. The Bertz CT molecular complexity index is 601. The summed E-state index contributed by atoms with van der Waals surface area (Å²) in [5, 5.41) is 10.6. The second-order valence-electron chi connectivity index (χ2n) is 6.16. The highest BCUT2D eigenvalue weighted by molar-refractivity contribution is 5.92. The van der Waals surface area contributed by atoms with Crippen LogP contribution in [0.15, 0.2) is 30.3 Å². The van der Waals surface area contributed by atoms with E-state index in [1.165, 1.54) is 17.5 Å². The first-order valence-corrected chi connectivity index (χ1v) is 7.42. The van der Waals surface area contributed by atoms with E-state index in [0.29, 0.717) is 11.8 Å². The van der Waals surface area contributed by atoms with E-state index in [1.807, 2.05) is 18.2 Å². The molecule has 1 aliphatic rings. The van der Waals surface area contributed by atoms with E-state index in [2.05, 4.69) is 35.9 Å². The van der Waals surface area contributed by atoms with Gasteiger partial charge in [-0.15, -0.1) is 0 Å². The van der Waals surface area contributed by atoms with Crippen LogP contribution in [-0.4, -0.2) is 23.2 Å². The average molecular weight is 270 g/mol. The van der Waals surface area contributed by atoms with Crippen LogP contribution in [0.25, 0.3) is 10.9 Å². The van der Waals surface area contributed by atoms with E-state index in [0.717, 1.165) is 24.3 Å². The third-order valence-electron chi connectivity index (χ3n) is 4.12. The summed E-state index contributed by atoms with van der Waals surface area (Å²) in [7, 11) is 0. The van der Waals surface area contributed by atoms with Crippen molar-refractivity contribution in [2.24, 2.45) is 11.8 Å². The lowest BCUT2D eigenvalue weighted by Gasteiger charge is -2.37. The number of para-hydroxylation sites is 1. The summed E-state index contributed by atoms with van der Waals surface area (Å²) < 4.78 is 0. The lowest BCUT2D eigenvalue weighted by Crippen LogP contribution is -2.38. The van der Waals surface area contributed by atoms with Crippen LogP contribution < -0.4 is 4.90 Å². The van der Waals surface area contributed by atoms with Crippen molar-refractivity contribution in [1.82, 2.24) is 4.98 Å². The highest BCUT2D eigenvalue weighted by Crippen LogP contribution is 2.31. The minimum absolute atomic E-state index is 0.00319. The normalized spacial score (nSPS) is 23.2. The van der Waals surface area contributed by atoms with E-state index < -0.39 is 0 Å². The maximum atomic E-state index is 9.44. The third-order valence-corrected chi connectivity index (χ3v) is 4.12. The zero-order chi connectivity index (χ0) is 14.1. The van der Waals surface area contributed by atoms with Crippen LogP contribution in [0.3, 0.4) is 0 Å². The van der Waals surface area contributed by atoms with Crippen molar-refractivity contribution < 1.29 is 5.11 Å². The second kappa shape index (κ2) is 5.41. The molecule has 3 nitrogen and oxygen atoms in total. The van der Waals surface area contributed by atoms with Crippen LogP contribution >= 0.6 is 0 Å². The topological polar surface area (TPSA) is 36.4 Å². The van der Waals surface area contributed by atoms with Gasteiger partial charge in [0, 0.05) is 24.2 Å². The van der Waals surface area contributed by atoms with Gasteiger partial charge < -0.3 is 10.0 Å². The number of hydrogen-bond donors (Lipinski definition) is 1. The molecule has 1 fully saturated rings. The summed E-state index contributed by atoms with van der Waals surface area (Å²) in [6.07, 6.45) is 1.30. The Kier molecular flexibility index (Phi) is 3.62. The molecule has 2 aromatic rings. The molecule has 1 aromatic carbocycles. The van der Waals surface area contributed by atoms with Crippen molar-refractivity contribution >= 4 is 16.6 Å². The summed E-state index contributed by atoms with van der Waals surface area (Å²) in [4.78, 5) is 6.97. The number of piperidine rings is 1. The zero-order valence-corrected chi connectivity index (χ0v) is 12.2. The number of nitrogens with zero attached hydrogens (tertiary/aromatic N) is 2. The highest BCUT2D eigenvalue weighted by Gasteiger charge is 2.23. The number of hydrogen-bond acceptors (Lipinski definition) is 3. The van der Waals surface area contributed by atoms with Crippen LogP contribution in [0, 0.1) is 11.8 Å². The van der Waals surface area contributed by atoms with E-state index in [9.17, 15) is 5.11 Å². The summed E-state index contributed by atoms with van der Waals surface area (Å²) in [6.45, 7) is 6.81. The van der Waals surface area contributed by atoms with Crippen molar-refractivity contribution in [2.75, 3.05) is 18.0 Å². The Hall–Kier alpha value is -1.61. The molecule has 106 valence electrons. The lowest BCUT2D eigenvalue weighted by atomic mass is 9.91. The number of benzene rings is 1. The molecule has 1 saturated heterocycles. The molecule has 0 aliphatic carbocycles. The molecule has 2 unspecified atom stereocenters. The van der Waals surface area contributed by atoms with Gasteiger partial charge in [-0.3, -0.25) is 4.98 Å². The van der Waals surface area contributed by atoms with Crippen LogP contribution in [0.5, 0.6) is 0 Å². The molecule has 20 heavy (non-hydrogen) atoms. The lowest BCUT2D eigenvalue weighted by molar-refractivity contribution is 0.277. The summed E-state index contributed by atoms with van der Waals surface area (Å²) >= 11 is 0. The summed E-state index contributed by atoms with van der Waals surface area (Å²) in [5.41, 5.74) is 2.95. The van der Waals surface area contributed by atoms with Crippen molar-refractivity contribution in [3.63, 3.8) is 0 Å². The third kappa shape index (κ3) is 2.50. The Morgan fingerprint density at radius 1 is 1.20 bits per heavy atom. The molecule has 0 amide bonds. The van der Waals surface area contributed by atoms with Gasteiger partial charge in [0.15, 0.2) is 0 Å². The molecule has 0 bridgehead atoms. The van der Waals surface area contributed by atoms with Gasteiger partial charge in [-0.05, 0) is 30.4 Å². The first-order chi connectivity index (χ1) is 9.67. The minimum atomic E-state index is -0.00319. The van der Waals surface area contributed by atoms with Gasteiger partial charge in [0.25, 0.3) is 0 Å². The highest BCUT2D eigenvalue weighted by atomic mass is 16.3. The molecule has 0 saturated carbocycles. The number of aliphatic hydroxyl groups is 1. The molecular formula is C17H22N2O. The van der Waals surface area contributed by atoms with Crippen molar-refractivity contribution in [3.05, 3.63) is 36.0 Å². The maximum Gasteiger partial charge on any atom is 0.0854 e. The van der Waals surface area contributed by atoms with Gasteiger partial charge in [-0.2, -0.15) is 0 Å². The number of rotatable bonds is 2. The van der Waals surface area contributed by atoms with Crippen LogP contribution in [0.4, 0.5) is 5.69 Å². The molecule has 1 N–H and O–H groups in total. The molecular weight excluding hydrogens is 248 g/mol. The molecule has 0 radical (unpaired) electrons. The van der Waals surface area contributed by atoms with E-state index in [1.54, 1.807) is 0 Å². The summed E-state index contributed by atoms with van der Waals surface area (Å²) in [5.74, 6) is 1.42. The predicted molar refractivity (Wildman–Crippen MR) is 82.8 cm³/mol. The number of anilines is 1. The molecule has 2 atom stereocenters. The minimum Gasteiger partial charge on any atom is -0.390 e. The molecule has 3 rings (SSSR count). The predicted octanol–water partition coefficient (Wildman–Crippen LogP) is 3.21. The standard InChI is InChI=1S/C17H22N2O/c1-12-7-13(2)10-19(9-12)17-8-14(11-20)18-16-6-4-3-5-15(16)17/h3-6,8,12-13,20H,7,9-11H2,1-2H3. The van der Waals surface area contributed by atoms with E-state index in [-0.39, 0.29) is 6.61 Å². The van der Waals surface area contributed by atoms with E-state index >= 15 is 0 Å². The average Bonchev–Trinajstić information content (AvgIpc) is 2.45. The van der Waals surface area contributed by atoms with Crippen molar-refractivity contribution in [3.8, 4) is 0 Å². The van der Waals surface area contributed by atoms with Gasteiger partial charge in [0.1, 0.15) is 0 Å². The Labute approximate surface area is 120 Å². The Morgan fingerprint density at radius 3 is 2.60 bits per heavy atom. The molecule has 3 heteroatoms. The first kappa shape index (κ1) is 13.4. The SMILES string of the molecule is CC1CC(C)CN(c2cc(CO)nc3ccccc23)C1. The number of aliphatic hydroxyl groups excluding tert-OH is 1. The maximum absolute atomic E-state index is 9.44. The first-order valence-electron chi connectivity index (χ1n) is 7.42. The Balaban J connectivity index is 2.09. The van der Waals surface area contributed by atoms with Crippen LogP contribution in [0.1, 0.15) is 26.0 Å². The monoisotopic (exact) mass is 270 g/mol. The van der Waals surface area contributed by atoms with Crippen molar-refractivity contribution in [2.45, 2.75) is 26.9 Å². The van der Waals surface area contributed by atoms with Crippen LogP contribution in [-0.2, 0) is 6.61 Å². The van der Waals surface area contributed by atoms with Crippen molar-refractivity contribution in [1.29, 1.82) is 0 Å². The number of aromatic nitrogens is 1. The Morgan fingerprint density at radius 2 is 1.90 bits per heavy atom. The largest absolute Gasteiger partial charge is 0.390 e. The zero-order valence-electron chi connectivity index (χ0n) is 12.2. The van der Waals surface area contributed by atoms with Gasteiger partial charge in [0.2, 0.25) is 0 Å². The molecule has 1 aromatic heterocycles. The molecule has 1 aliphatic heterocycles. The van der Waals surface area contributed by atoms with Gasteiger partial charge >= 0.3 is 0 Å². The van der Waals surface area contributed by atoms with Gasteiger partial charge in [-0.25, -0.2) is 0 Å². The second-order valence-corrected chi connectivity index (χ2v) is 6.16. The smallest absolute Gasteiger partial charge is 0.0854 e. The van der Waals surface area contributed by atoms with Crippen LogP contribution in [0.2, 0.25) is 0 Å². The molecule has 2 heterocycles. The van der Waals surface area contributed by atoms with Gasteiger partial charge in [0.05, 0.1) is 17.8 Å². The molecule has 0 spiro atoms. The van der Waals surface area contributed by atoms with E-state index in [4.69, 9.17) is 0 Å². The quantitative estimate of drug-likeness (QED) is 0.910. The number of pyridine rings is 1. The fourth-order valence-corrected chi connectivity index (χ4v) is 3.41. The number of fused-ring (bicyclic) bond motifs is 1. The summed E-state index contributed by atoms with van der Waals surface area (Å²) in [6, 6.07) is 10.3. The fourth-order valence-electron chi connectivity index (χ4n) is 3.41. The van der Waals surface area contributed by atoms with Gasteiger partial charge in [-0.1, -0.05) is 32.0 Å².